The van der Waals surface area contributed by atoms with Crippen LogP contribution >= 0.6 is 11.3 Å². The maximum atomic E-state index is 12.3. The van der Waals surface area contributed by atoms with E-state index in [1.54, 1.807) is 36.7 Å². The third-order valence-electron chi connectivity index (χ3n) is 4.29. The molecule has 0 aliphatic carbocycles. The summed E-state index contributed by atoms with van der Waals surface area (Å²) in [6.07, 6.45) is 4.76. The van der Waals surface area contributed by atoms with E-state index in [0.717, 1.165) is 27.6 Å². The van der Waals surface area contributed by atoms with Crippen LogP contribution in [0.4, 0.5) is 5.82 Å². The Hall–Kier alpha value is -3.52. The van der Waals surface area contributed by atoms with E-state index in [-0.39, 0.29) is 18.4 Å². The Morgan fingerprint density at radius 2 is 1.97 bits per heavy atom. The van der Waals surface area contributed by atoms with E-state index in [1.807, 2.05) is 49.6 Å². The fraction of sp³-hybridized carbons (Fsp3) is 0.217. The number of anilines is 1. The van der Waals surface area contributed by atoms with Gasteiger partial charge in [0, 0.05) is 24.7 Å². The Bertz CT molecular complexity index is 1080. The molecule has 3 aromatic rings. The van der Waals surface area contributed by atoms with Crippen molar-refractivity contribution >= 4 is 35.0 Å². The van der Waals surface area contributed by atoms with Gasteiger partial charge in [0.2, 0.25) is 11.8 Å². The number of rotatable bonds is 8. The molecule has 0 saturated heterocycles. The third-order valence-corrected chi connectivity index (χ3v) is 5.11. The summed E-state index contributed by atoms with van der Waals surface area (Å²) < 4.78 is 5.72. The van der Waals surface area contributed by atoms with Gasteiger partial charge in [0.05, 0.1) is 17.2 Å². The standard InChI is InChI=1S/C23H24N4O3S/c1-16-10-11-24-21(12-16)26-22(28)13-27(3)23(29)9-6-18-4-7-20(8-5-18)30-14-19-15-31-17(2)25-19/h4-12,15H,13-14H2,1-3H3,(H,24,26,28)/b9-6+. The van der Waals surface area contributed by atoms with Crippen molar-refractivity contribution in [3.05, 3.63) is 75.9 Å². The van der Waals surface area contributed by atoms with Crippen molar-refractivity contribution in [2.75, 3.05) is 18.9 Å². The Kier molecular flexibility index (Phi) is 7.50. The Morgan fingerprint density at radius 1 is 1.19 bits per heavy atom. The van der Waals surface area contributed by atoms with Crippen molar-refractivity contribution in [1.82, 2.24) is 14.9 Å². The van der Waals surface area contributed by atoms with Crippen molar-refractivity contribution in [1.29, 1.82) is 0 Å². The second kappa shape index (κ2) is 10.5. The van der Waals surface area contributed by atoms with Crippen LogP contribution in [0.5, 0.6) is 5.75 Å². The summed E-state index contributed by atoms with van der Waals surface area (Å²) in [5.41, 5.74) is 2.75. The molecule has 0 radical (unpaired) electrons. The molecule has 0 fully saturated rings. The molecule has 2 heterocycles. The maximum absolute atomic E-state index is 12.3. The molecule has 3 rings (SSSR count). The first-order chi connectivity index (χ1) is 14.9. The highest BCUT2D eigenvalue weighted by Crippen LogP contribution is 2.16. The van der Waals surface area contributed by atoms with E-state index in [2.05, 4.69) is 15.3 Å². The quantitative estimate of drug-likeness (QED) is 0.542. The van der Waals surface area contributed by atoms with Crippen LogP contribution < -0.4 is 10.1 Å². The molecule has 1 N–H and O–H groups in total. The van der Waals surface area contributed by atoms with Crippen molar-refractivity contribution in [3.63, 3.8) is 0 Å². The lowest BCUT2D eigenvalue weighted by molar-refractivity contribution is -0.129. The summed E-state index contributed by atoms with van der Waals surface area (Å²) >= 11 is 1.59. The molecule has 160 valence electrons. The van der Waals surface area contributed by atoms with Crippen LogP contribution in [0.2, 0.25) is 0 Å². The second-order valence-electron chi connectivity index (χ2n) is 7.01. The van der Waals surface area contributed by atoms with E-state index in [4.69, 9.17) is 4.74 Å². The number of carbonyl (C=O) groups excluding carboxylic acids is 2. The SMILES string of the molecule is Cc1ccnc(NC(=O)CN(C)C(=O)/C=C/c2ccc(OCc3csc(C)n3)cc2)c1. The average Bonchev–Trinajstić information content (AvgIpc) is 3.16. The lowest BCUT2D eigenvalue weighted by Gasteiger charge is -2.14. The van der Waals surface area contributed by atoms with Gasteiger partial charge in [0.1, 0.15) is 18.2 Å². The number of hydrogen-bond acceptors (Lipinski definition) is 6. The molecule has 31 heavy (non-hydrogen) atoms. The highest BCUT2D eigenvalue weighted by molar-refractivity contribution is 7.09. The number of hydrogen-bond donors (Lipinski definition) is 1. The monoisotopic (exact) mass is 436 g/mol. The summed E-state index contributed by atoms with van der Waals surface area (Å²) in [6, 6.07) is 11.0. The van der Waals surface area contributed by atoms with Crippen molar-refractivity contribution in [3.8, 4) is 5.75 Å². The number of amides is 2. The fourth-order valence-electron chi connectivity index (χ4n) is 2.68. The lowest BCUT2D eigenvalue weighted by Crippen LogP contribution is -2.34. The number of aromatic nitrogens is 2. The van der Waals surface area contributed by atoms with Gasteiger partial charge in [0.25, 0.3) is 0 Å². The Morgan fingerprint density at radius 3 is 2.65 bits per heavy atom. The molecule has 2 amide bonds. The van der Waals surface area contributed by atoms with Gasteiger partial charge in [-0.1, -0.05) is 12.1 Å². The molecule has 8 heteroatoms. The zero-order chi connectivity index (χ0) is 22.2. The first kappa shape index (κ1) is 22.2. The summed E-state index contributed by atoms with van der Waals surface area (Å²) in [5.74, 6) is 0.618. The molecule has 0 aliphatic rings. The molecule has 2 aromatic heterocycles. The normalized spacial score (nSPS) is 10.8. The first-order valence-electron chi connectivity index (χ1n) is 9.68. The molecule has 0 atom stereocenters. The number of benzene rings is 1. The van der Waals surface area contributed by atoms with E-state index >= 15 is 0 Å². The predicted molar refractivity (Wildman–Crippen MR) is 122 cm³/mol. The van der Waals surface area contributed by atoms with Crippen LogP contribution in [0, 0.1) is 13.8 Å². The van der Waals surface area contributed by atoms with Gasteiger partial charge in [0.15, 0.2) is 0 Å². The molecule has 1 aromatic carbocycles. The van der Waals surface area contributed by atoms with Crippen LogP contribution in [-0.4, -0.2) is 40.3 Å². The summed E-state index contributed by atoms with van der Waals surface area (Å²) in [7, 11) is 1.58. The van der Waals surface area contributed by atoms with Crippen LogP contribution in [0.1, 0.15) is 21.8 Å². The highest BCUT2D eigenvalue weighted by Gasteiger charge is 2.11. The average molecular weight is 437 g/mol. The minimum absolute atomic E-state index is 0.0678. The second-order valence-corrected chi connectivity index (χ2v) is 8.07. The molecular weight excluding hydrogens is 412 g/mol. The van der Waals surface area contributed by atoms with E-state index in [0.29, 0.717) is 12.4 Å². The number of carbonyl (C=O) groups is 2. The maximum Gasteiger partial charge on any atom is 0.246 e. The van der Waals surface area contributed by atoms with E-state index < -0.39 is 0 Å². The summed E-state index contributed by atoms with van der Waals surface area (Å²) in [6.45, 7) is 4.23. The van der Waals surface area contributed by atoms with Gasteiger partial charge in [-0.05, 0) is 55.3 Å². The highest BCUT2D eigenvalue weighted by atomic mass is 32.1. The zero-order valence-electron chi connectivity index (χ0n) is 17.7. The Labute approximate surface area is 185 Å². The predicted octanol–water partition coefficient (Wildman–Crippen LogP) is 3.84. The van der Waals surface area contributed by atoms with Crippen LogP contribution in [0.15, 0.2) is 54.1 Å². The van der Waals surface area contributed by atoms with E-state index in [1.165, 1.54) is 11.0 Å². The minimum atomic E-state index is -0.306. The smallest absolute Gasteiger partial charge is 0.246 e. The van der Waals surface area contributed by atoms with Gasteiger partial charge in [-0.25, -0.2) is 9.97 Å². The molecule has 0 spiro atoms. The molecule has 0 saturated carbocycles. The zero-order valence-corrected chi connectivity index (χ0v) is 18.5. The van der Waals surface area contributed by atoms with Crippen molar-refractivity contribution < 1.29 is 14.3 Å². The summed E-state index contributed by atoms with van der Waals surface area (Å²) in [5, 5.41) is 5.68. The van der Waals surface area contributed by atoms with Crippen molar-refractivity contribution in [2.24, 2.45) is 0 Å². The van der Waals surface area contributed by atoms with Gasteiger partial charge in [-0.3, -0.25) is 9.59 Å². The van der Waals surface area contributed by atoms with Crippen molar-refractivity contribution in [2.45, 2.75) is 20.5 Å². The molecule has 0 bridgehead atoms. The van der Waals surface area contributed by atoms with Gasteiger partial charge < -0.3 is 15.0 Å². The van der Waals surface area contributed by atoms with Crippen LogP contribution in [-0.2, 0) is 16.2 Å². The number of pyridine rings is 1. The number of nitrogens with one attached hydrogen (secondary N) is 1. The number of thiazole rings is 1. The van der Waals surface area contributed by atoms with Gasteiger partial charge in [-0.15, -0.1) is 11.3 Å². The van der Waals surface area contributed by atoms with E-state index in [9.17, 15) is 9.59 Å². The Balaban J connectivity index is 1.47. The largest absolute Gasteiger partial charge is 0.487 e. The van der Waals surface area contributed by atoms with Gasteiger partial charge >= 0.3 is 0 Å². The molecular formula is C23H24N4O3S. The molecule has 0 unspecified atom stereocenters. The van der Waals surface area contributed by atoms with Crippen LogP contribution in [0.3, 0.4) is 0 Å². The topological polar surface area (TPSA) is 84.4 Å². The first-order valence-corrected chi connectivity index (χ1v) is 10.6. The molecule has 0 aliphatic heterocycles. The minimum Gasteiger partial charge on any atom is -0.487 e. The lowest BCUT2D eigenvalue weighted by atomic mass is 10.2. The van der Waals surface area contributed by atoms with Crippen LogP contribution in [0.25, 0.3) is 6.08 Å². The number of aryl methyl sites for hydroxylation is 2. The number of nitrogens with zero attached hydrogens (tertiary/aromatic N) is 3. The summed E-state index contributed by atoms with van der Waals surface area (Å²) in [4.78, 5) is 34.2. The molecule has 7 nitrogen and oxygen atoms in total. The number of likely N-dealkylation sites (N-methyl/N-ethyl adjacent to an activating group) is 1. The van der Waals surface area contributed by atoms with Gasteiger partial charge in [-0.2, -0.15) is 0 Å². The number of ether oxygens (including phenoxy) is 1. The fourth-order valence-corrected chi connectivity index (χ4v) is 3.28. The third kappa shape index (κ3) is 7.04.